The zero-order valence-corrected chi connectivity index (χ0v) is 19.0. The molecule has 6 nitrogen and oxygen atoms in total. The van der Waals surface area contributed by atoms with Crippen molar-refractivity contribution in [3.8, 4) is 11.4 Å². The lowest BCUT2D eigenvalue weighted by Crippen LogP contribution is -2.32. The van der Waals surface area contributed by atoms with E-state index in [-0.39, 0.29) is 6.03 Å². The first-order valence-electron chi connectivity index (χ1n) is 9.77. The van der Waals surface area contributed by atoms with Gasteiger partial charge in [0.05, 0.1) is 21.2 Å². The first-order chi connectivity index (χ1) is 15.5. The standard InChI is InChI=1S/C23H18Cl3N5O/c24-14-9-10-20(18(26)13-14)30-23(32)28-12-11-27-21-16-6-2-4-8-19(16)29-22(31-21)15-5-1-3-7-17(15)25/h1-10,13H,11-12H2,(H,27,29,31)(H2,28,30,32). The molecule has 1 heterocycles. The summed E-state index contributed by atoms with van der Waals surface area (Å²) in [5, 5.41) is 11.1. The molecule has 1 aromatic heterocycles. The van der Waals surface area contributed by atoms with Crippen molar-refractivity contribution in [3.63, 3.8) is 0 Å². The minimum atomic E-state index is -0.375. The Labute approximate surface area is 199 Å². The summed E-state index contributed by atoms with van der Waals surface area (Å²) < 4.78 is 0. The van der Waals surface area contributed by atoms with E-state index >= 15 is 0 Å². The second-order valence-corrected chi connectivity index (χ2v) is 8.08. The summed E-state index contributed by atoms with van der Waals surface area (Å²) in [6, 6.07) is 19.6. The maximum Gasteiger partial charge on any atom is 0.319 e. The molecule has 3 aromatic carbocycles. The van der Waals surface area contributed by atoms with Gasteiger partial charge < -0.3 is 16.0 Å². The van der Waals surface area contributed by atoms with E-state index in [4.69, 9.17) is 34.8 Å². The van der Waals surface area contributed by atoms with E-state index in [0.717, 1.165) is 16.5 Å². The number of rotatable bonds is 6. The summed E-state index contributed by atoms with van der Waals surface area (Å²) in [6.45, 7) is 0.807. The molecule has 3 N–H and O–H groups in total. The van der Waals surface area contributed by atoms with E-state index in [1.165, 1.54) is 0 Å². The predicted octanol–water partition coefficient (Wildman–Crippen LogP) is 6.49. The third-order valence-corrected chi connectivity index (χ3v) is 5.48. The Bertz CT molecular complexity index is 1280. The molecule has 162 valence electrons. The fourth-order valence-corrected chi connectivity index (χ4v) is 3.76. The van der Waals surface area contributed by atoms with E-state index in [0.29, 0.717) is 45.5 Å². The van der Waals surface area contributed by atoms with Crippen LogP contribution in [0.3, 0.4) is 0 Å². The molecule has 0 saturated heterocycles. The quantitative estimate of drug-likeness (QED) is 0.272. The molecule has 0 radical (unpaired) electrons. The Kier molecular flexibility index (Phi) is 6.95. The number of benzene rings is 3. The Morgan fingerprint density at radius 2 is 1.62 bits per heavy atom. The third-order valence-electron chi connectivity index (χ3n) is 4.60. The van der Waals surface area contributed by atoms with E-state index in [1.54, 1.807) is 24.3 Å². The van der Waals surface area contributed by atoms with Crippen molar-refractivity contribution in [1.82, 2.24) is 15.3 Å². The van der Waals surface area contributed by atoms with Crippen molar-refractivity contribution in [2.45, 2.75) is 0 Å². The monoisotopic (exact) mass is 485 g/mol. The maximum absolute atomic E-state index is 12.2. The lowest BCUT2D eigenvalue weighted by Gasteiger charge is -2.13. The predicted molar refractivity (Wildman–Crippen MR) is 132 cm³/mol. The fraction of sp³-hybridized carbons (Fsp3) is 0.0870. The summed E-state index contributed by atoms with van der Waals surface area (Å²) in [5.74, 6) is 1.19. The molecule has 0 saturated carbocycles. The minimum Gasteiger partial charge on any atom is -0.368 e. The molecule has 0 fully saturated rings. The molecule has 0 aliphatic heterocycles. The van der Waals surface area contributed by atoms with Gasteiger partial charge in [-0.3, -0.25) is 0 Å². The van der Waals surface area contributed by atoms with Gasteiger partial charge in [0.15, 0.2) is 5.82 Å². The number of nitrogens with one attached hydrogen (secondary N) is 3. The number of amides is 2. The summed E-state index contributed by atoms with van der Waals surface area (Å²) >= 11 is 18.3. The summed E-state index contributed by atoms with van der Waals surface area (Å²) in [7, 11) is 0. The van der Waals surface area contributed by atoms with Crippen LogP contribution in [-0.2, 0) is 0 Å². The Balaban J connectivity index is 1.44. The average molecular weight is 487 g/mol. The number of nitrogens with zero attached hydrogens (tertiary/aromatic N) is 2. The topological polar surface area (TPSA) is 78.9 Å². The Morgan fingerprint density at radius 3 is 2.44 bits per heavy atom. The molecular formula is C23H18Cl3N5O. The van der Waals surface area contributed by atoms with Gasteiger partial charge in [-0.2, -0.15) is 0 Å². The second-order valence-electron chi connectivity index (χ2n) is 6.82. The summed E-state index contributed by atoms with van der Waals surface area (Å²) in [5.41, 5.74) is 2.02. The number of hydrogen-bond donors (Lipinski definition) is 3. The van der Waals surface area contributed by atoms with Crippen molar-refractivity contribution in [1.29, 1.82) is 0 Å². The Hall–Kier alpha value is -3.06. The summed E-state index contributed by atoms with van der Waals surface area (Å²) in [6.07, 6.45) is 0. The number of urea groups is 1. The zero-order chi connectivity index (χ0) is 22.5. The van der Waals surface area contributed by atoms with Crippen LogP contribution in [0.5, 0.6) is 0 Å². The number of carbonyl (C=O) groups is 1. The van der Waals surface area contributed by atoms with Gasteiger partial charge in [-0.05, 0) is 42.5 Å². The number of carbonyl (C=O) groups excluding carboxylic acids is 1. The molecule has 4 aromatic rings. The van der Waals surface area contributed by atoms with E-state index in [1.807, 2.05) is 42.5 Å². The molecular weight excluding hydrogens is 469 g/mol. The maximum atomic E-state index is 12.2. The molecule has 0 aliphatic carbocycles. The van der Waals surface area contributed by atoms with Gasteiger partial charge in [0.2, 0.25) is 0 Å². The first kappa shape index (κ1) is 22.1. The van der Waals surface area contributed by atoms with Crippen molar-refractivity contribution < 1.29 is 4.79 Å². The number of hydrogen-bond acceptors (Lipinski definition) is 4. The number of aromatic nitrogens is 2. The molecule has 2 amide bonds. The van der Waals surface area contributed by atoms with Gasteiger partial charge in [-0.1, -0.05) is 59.1 Å². The van der Waals surface area contributed by atoms with Crippen LogP contribution in [-0.4, -0.2) is 29.1 Å². The molecule has 4 rings (SSSR count). The molecule has 32 heavy (non-hydrogen) atoms. The SMILES string of the molecule is O=C(NCCNc1nc(-c2ccccc2Cl)nc2ccccc12)Nc1ccc(Cl)cc1Cl. The normalized spacial score (nSPS) is 10.7. The number of fused-ring (bicyclic) bond motifs is 1. The number of halogens is 3. The molecule has 0 bridgehead atoms. The Morgan fingerprint density at radius 1 is 0.844 bits per heavy atom. The van der Waals surface area contributed by atoms with Crippen LogP contribution >= 0.6 is 34.8 Å². The van der Waals surface area contributed by atoms with Crippen LogP contribution in [0.4, 0.5) is 16.3 Å². The highest BCUT2D eigenvalue weighted by Gasteiger charge is 2.12. The van der Waals surface area contributed by atoms with Crippen LogP contribution in [0.25, 0.3) is 22.3 Å². The molecule has 0 unspecified atom stereocenters. The van der Waals surface area contributed by atoms with Crippen molar-refractivity contribution in [2.24, 2.45) is 0 Å². The zero-order valence-electron chi connectivity index (χ0n) is 16.7. The third kappa shape index (κ3) is 5.22. The molecule has 9 heteroatoms. The van der Waals surface area contributed by atoms with Crippen molar-refractivity contribution in [2.75, 3.05) is 23.7 Å². The van der Waals surface area contributed by atoms with Gasteiger partial charge >= 0.3 is 6.03 Å². The van der Waals surface area contributed by atoms with E-state index < -0.39 is 0 Å². The van der Waals surface area contributed by atoms with Gasteiger partial charge in [-0.25, -0.2) is 14.8 Å². The lowest BCUT2D eigenvalue weighted by molar-refractivity contribution is 0.252. The first-order valence-corrected chi connectivity index (χ1v) is 10.9. The van der Waals surface area contributed by atoms with Crippen molar-refractivity contribution >= 4 is 63.2 Å². The highest BCUT2D eigenvalue weighted by Crippen LogP contribution is 2.29. The van der Waals surface area contributed by atoms with Gasteiger partial charge in [0, 0.05) is 29.1 Å². The number of para-hydroxylation sites is 1. The van der Waals surface area contributed by atoms with E-state index in [9.17, 15) is 4.79 Å². The fourth-order valence-electron chi connectivity index (χ4n) is 3.09. The summed E-state index contributed by atoms with van der Waals surface area (Å²) in [4.78, 5) is 21.5. The lowest BCUT2D eigenvalue weighted by atomic mass is 10.2. The van der Waals surface area contributed by atoms with Crippen molar-refractivity contribution in [3.05, 3.63) is 81.8 Å². The highest BCUT2D eigenvalue weighted by molar-refractivity contribution is 6.36. The smallest absolute Gasteiger partial charge is 0.319 e. The van der Waals surface area contributed by atoms with Gasteiger partial charge in [0.25, 0.3) is 0 Å². The van der Waals surface area contributed by atoms with Gasteiger partial charge in [0.1, 0.15) is 5.82 Å². The van der Waals surface area contributed by atoms with Crippen LogP contribution in [0.1, 0.15) is 0 Å². The van der Waals surface area contributed by atoms with Crippen LogP contribution in [0.2, 0.25) is 15.1 Å². The highest BCUT2D eigenvalue weighted by atomic mass is 35.5. The van der Waals surface area contributed by atoms with E-state index in [2.05, 4.69) is 25.9 Å². The van der Waals surface area contributed by atoms with Crippen LogP contribution in [0.15, 0.2) is 66.7 Å². The molecule has 0 aliphatic rings. The largest absolute Gasteiger partial charge is 0.368 e. The number of anilines is 2. The molecule has 0 atom stereocenters. The molecule has 0 spiro atoms. The minimum absolute atomic E-state index is 0.358. The average Bonchev–Trinajstić information content (AvgIpc) is 2.78. The second kappa shape index (κ2) is 10.0. The van der Waals surface area contributed by atoms with Crippen LogP contribution < -0.4 is 16.0 Å². The van der Waals surface area contributed by atoms with Crippen LogP contribution in [0, 0.1) is 0 Å². The van der Waals surface area contributed by atoms with Gasteiger partial charge in [-0.15, -0.1) is 0 Å².